The Morgan fingerprint density at radius 3 is 1.62 bits per heavy atom. The van der Waals surface area contributed by atoms with Crippen LogP contribution in [-0.4, -0.2) is 26.3 Å². The molecule has 0 aliphatic heterocycles. The zero-order valence-corrected chi connectivity index (χ0v) is 28.6. The summed E-state index contributed by atoms with van der Waals surface area (Å²) in [5, 5.41) is 4.19. The number of carbonyl (C=O) groups is 1. The maximum atomic E-state index is 12.2. The van der Waals surface area contributed by atoms with E-state index in [1.165, 1.54) is 102 Å². The lowest BCUT2D eigenvalue weighted by atomic mass is 10.1. The zero-order valence-electron chi connectivity index (χ0n) is 26.2. The van der Waals surface area contributed by atoms with Gasteiger partial charge in [-0.05, 0) is 36.6 Å². The lowest BCUT2D eigenvalue weighted by Gasteiger charge is -2.04. The Hall–Kier alpha value is -1.83. The molecule has 0 aliphatic rings. The van der Waals surface area contributed by atoms with Gasteiger partial charge in [0, 0.05) is 30.3 Å². The summed E-state index contributed by atoms with van der Waals surface area (Å²) in [6, 6.07) is 6.41. The van der Waals surface area contributed by atoms with Crippen LogP contribution >= 0.6 is 34.0 Å². The predicted octanol–water partition coefficient (Wildman–Crippen LogP) is 12.0. The van der Waals surface area contributed by atoms with Crippen LogP contribution < -0.4 is 9.47 Å². The first-order valence-corrected chi connectivity index (χ1v) is 18.8. The minimum atomic E-state index is -0.219. The molecule has 0 amide bonds. The van der Waals surface area contributed by atoms with Crippen LogP contribution in [0.5, 0.6) is 11.5 Å². The van der Waals surface area contributed by atoms with E-state index < -0.39 is 0 Å². The van der Waals surface area contributed by atoms with Crippen molar-refractivity contribution in [2.24, 2.45) is 0 Å². The molecule has 42 heavy (non-hydrogen) atoms. The Labute approximate surface area is 266 Å². The highest BCUT2D eigenvalue weighted by Gasteiger charge is 2.18. The van der Waals surface area contributed by atoms with E-state index >= 15 is 0 Å². The van der Waals surface area contributed by atoms with Crippen LogP contribution in [0.1, 0.15) is 122 Å². The molecule has 0 fully saturated rings. The fraction of sp³-hybridized carbons (Fsp3) is 0.629. The molecule has 0 aromatic carbocycles. The number of carbonyl (C=O) groups excluding carboxylic acids is 1. The third kappa shape index (κ3) is 12.8. The van der Waals surface area contributed by atoms with Gasteiger partial charge in [0.2, 0.25) is 0 Å². The number of esters is 1. The van der Waals surface area contributed by atoms with Gasteiger partial charge in [-0.1, -0.05) is 104 Å². The van der Waals surface area contributed by atoms with Crippen molar-refractivity contribution in [2.45, 2.75) is 123 Å². The second kappa shape index (κ2) is 21.0. The summed E-state index contributed by atoms with van der Waals surface area (Å²) in [6.45, 7) is 6.05. The molecule has 3 aromatic heterocycles. The van der Waals surface area contributed by atoms with Crippen molar-refractivity contribution >= 4 is 40.0 Å². The zero-order chi connectivity index (χ0) is 29.8. The Kier molecular flexibility index (Phi) is 17.3. The lowest BCUT2D eigenvalue weighted by molar-refractivity contribution is -0.139. The number of methoxy groups -OCH3 is 1. The number of thiophene rings is 3. The van der Waals surface area contributed by atoms with E-state index in [4.69, 9.17) is 14.2 Å². The Balaban J connectivity index is 1.50. The van der Waals surface area contributed by atoms with Gasteiger partial charge in [0.15, 0.2) is 0 Å². The second-order valence-electron chi connectivity index (χ2n) is 11.2. The van der Waals surface area contributed by atoms with E-state index in [0.717, 1.165) is 57.7 Å². The molecule has 3 aromatic rings. The van der Waals surface area contributed by atoms with Crippen LogP contribution in [0.4, 0.5) is 0 Å². The first-order valence-electron chi connectivity index (χ1n) is 16.3. The van der Waals surface area contributed by atoms with Crippen molar-refractivity contribution in [1.82, 2.24) is 0 Å². The molecule has 0 unspecified atom stereocenters. The second-order valence-corrected chi connectivity index (χ2v) is 14.0. The van der Waals surface area contributed by atoms with Crippen molar-refractivity contribution in [1.29, 1.82) is 0 Å². The first-order chi connectivity index (χ1) is 20.6. The van der Waals surface area contributed by atoms with Crippen molar-refractivity contribution in [3.63, 3.8) is 0 Å². The first kappa shape index (κ1) is 34.7. The number of ether oxygens (including phenoxy) is 3. The maximum Gasteiger partial charge on any atom is 0.310 e. The summed E-state index contributed by atoms with van der Waals surface area (Å²) in [5.41, 5.74) is 1.01. The van der Waals surface area contributed by atoms with Gasteiger partial charge in [0.25, 0.3) is 0 Å². The van der Waals surface area contributed by atoms with Gasteiger partial charge >= 0.3 is 5.97 Å². The van der Waals surface area contributed by atoms with Crippen LogP contribution in [-0.2, 0) is 16.0 Å². The molecule has 0 radical (unpaired) electrons. The van der Waals surface area contributed by atoms with Crippen LogP contribution in [0.2, 0.25) is 0 Å². The van der Waals surface area contributed by atoms with E-state index in [-0.39, 0.29) is 12.4 Å². The SMILES string of the molecule is CCCCCCCCCCOc1csc(-c2cc(CC(=O)OC)c(-c3cc(OCCCCCCCCCC)cs3)s2)c1. The highest BCUT2D eigenvalue weighted by atomic mass is 32.1. The number of rotatable bonds is 24. The molecule has 0 saturated heterocycles. The van der Waals surface area contributed by atoms with E-state index in [0.29, 0.717) is 0 Å². The quantitative estimate of drug-likeness (QED) is 0.0728. The van der Waals surface area contributed by atoms with E-state index in [1.54, 1.807) is 34.0 Å². The summed E-state index contributed by atoms with van der Waals surface area (Å²) in [4.78, 5) is 16.8. The largest absolute Gasteiger partial charge is 0.493 e. The smallest absolute Gasteiger partial charge is 0.310 e. The molecule has 234 valence electrons. The number of hydrogen-bond acceptors (Lipinski definition) is 7. The van der Waals surface area contributed by atoms with Crippen molar-refractivity contribution in [3.05, 3.63) is 34.5 Å². The standard InChI is InChI=1S/C35H52O4S3/c1-4-6-8-10-12-14-16-18-20-38-29-24-31(40-26-29)32-22-28(23-34(36)37-3)35(42-32)33-25-30(27-41-33)39-21-19-17-15-13-11-9-7-5-2/h22,24-27H,4-21,23H2,1-3H3. The van der Waals surface area contributed by atoms with Gasteiger partial charge in [-0.2, -0.15) is 0 Å². The number of hydrogen-bond donors (Lipinski definition) is 0. The molecule has 4 nitrogen and oxygen atoms in total. The normalized spacial score (nSPS) is 11.2. The Morgan fingerprint density at radius 1 is 0.619 bits per heavy atom. The molecule has 0 bridgehead atoms. The van der Waals surface area contributed by atoms with Gasteiger partial charge in [-0.15, -0.1) is 34.0 Å². The molecule has 7 heteroatoms. The third-order valence-corrected chi connectivity index (χ3v) is 10.9. The molecule has 0 saturated carbocycles. The summed E-state index contributed by atoms with van der Waals surface area (Å²) in [6.07, 6.45) is 21.0. The average molecular weight is 633 g/mol. The molecule has 0 N–H and O–H groups in total. The van der Waals surface area contributed by atoms with Gasteiger partial charge in [-0.25, -0.2) is 0 Å². The van der Waals surface area contributed by atoms with E-state index in [2.05, 4.69) is 42.8 Å². The van der Waals surface area contributed by atoms with Crippen molar-refractivity contribution in [2.75, 3.05) is 20.3 Å². The topological polar surface area (TPSA) is 44.8 Å². The number of unbranched alkanes of at least 4 members (excludes halogenated alkanes) is 14. The fourth-order valence-corrected chi connectivity index (χ4v) is 8.09. The summed E-state index contributed by atoms with van der Waals surface area (Å²) in [5.74, 6) is 1.64. The Bertz CT molecular complexity index is 1130. The van der Waals surface area contributed by atoms with Gasteiger partial charge in [-0.3, -0.25) is 4.79 Å². The van der Waals surface area contributed by atoms with Gasteiger partial charge < -0.3 is 14.2 Å². The molecule has 0 aliphatic carbocycles. The molecular weight excluding hydrogens is 581 g/mol. The summed E-state index contributed by atoms with van der Waals surface area (Å²) < 4.78 is 17.2. The minimum absolute atomic E-state index is 0.219. The minimum Gasteiger partial charge on any atom is -0.493 e. The van der Waals surface area contributed by atoms with Gasteiger partial charge in [0.1, 0.15) is 11.5 Å². The molecular formula is C35H52O4S3. The monoisotopic (exact) mass is 632 g/mol. The van der Waals surface area contributed by atoms with Crippen LogP contribution in [0.25, 0.3) is 19.5 Å². The molecule has 3 rings (SSSR count). The van der Waals surface area contributed by atoms with E-state index in [1.807, 2.05) is 0 Å². The predicted molar refractivity (Wildman–Crippen MR) is 183 cm³/mol. The van der Waals surface area contributed by atoms with Crippen LogP contribution in [0, 0.1) is 0 Å². The van der Waals surface area contributed by atoms with E-state index in [9.17, 15) is 4.79 Å². The highest BCUT2D eigenvalue weighted by molar-refractivity contribution is 7.26. The summed E-state index contributed by atoms with van der Waals surface area (Å²) >= 11 is 5.11. The van der Waals surface area contributed by atoms with Gasteiger partial charge in [0.05, 0.1) is 26.7 Å². The third-order valence-electron chi connectivity index (χ3n) is 7.52. The molecule has 3 heterocycles. The lowest BCUT2D eigenvalue weighted by Crippen LogP contribution is -2.04. The van der Waals surface area contributed by atoms with Crippen molar-refractivity contribution < 1.29 is 19.0 Å². The van der Waals surface area contributed by atoms with Crippen molar-refractivity contribution in [3.8, 4) is 31.0 Å². The summed E-state index contributed by atoms with van der Waals surface area (Å²) in [7, 11) is 1.45. The average Bonchev–Trinajstić information content (AvgIpc) is 3.75. The molecule has 0 spiro atoms. The van der Waals surface area contributed by atoms with Crippen LogP contribution in [0.15, 0.2) is 29.0 Å². The Morgan fingerprint density at radius 2 is 1.10 bits per heavy atom. The highest BCUT2D eigenvalue weighted by Crippen LogP contribution is 2.44. The molecule has 0 atom stereocenters. The van der Waals surface area contributed by atoms with Crippen LogP contribution in [0.3, 0.4) is 0 Å². The fourth-order valence-electron chi connectivity index (χ4n) is 5.01. The maximum absolute atomic E-state index is 12.2.